The largest absolute Gasteiger partial charge is 0.508 e. The number of aliphatic carboxylic acids is 1. The van der Waals surface area contributed by atoms with E-state index in [9.17, 15) is 13.2 Å². The molecule has 0 bridgehead atoms. The normalized spacial score (nSPS) is 14.1. The average Bonchev–Trinajstić information content (AvgIpc) is 2.41. The van der Waals surface area contributed by atoms with Gasteiger partial charge in [0.25, 0.3) is 0 Å². The van der Waals surface area contributed by atoms with Gasteiger partial charge >= 0.3 is 5.97 Å². The van der Waals surface area contributed by atoms with Crippen LogP contribution in [0.4, 0.5) is 0 Å². The molecule has 0 aromatic heterocycles. The van der Waals surface area contributed by atoms with Gasteiger partial charge < -0.3 is 10.2 Å². The molecule has 8 heteroatoms. The van der Waals surface area contributed by atoms with Crippen LogP contribution in [0.3, 0.4) is 0 Å². The lowest BCUT2D eigenvalue weighted by Crippen LogP contribution is -2.45. The van der Waals surface area contributed by atoms with Crippen molar-refractivity contribution < 1.29 is 23.4 Å². The zero-order valence-corrected chi connectivity index (χ0v) is 12.2. The number of nitrogens with zero attached hydrogens (tertiary/aromatic N) is 1. The standard InChI is InChI=1S/C13H16N2O5S/c1-2-11(8-14)21(19,20)15-12(13(17)18)7-9-3-5-10(16)6-4-9/h3-6,11-12,15-16H,2,7H2,1H3,(H,17,18)/t11?,12-/m1/s1. The quantitative estimate of drug-likeness (QED) is 0.677. The molecule has 0 saturated carbocycles. The number of rotatable bonds is 7. The molecule has 0 heterocycles. The molecule has 0 fully saturated rings. The third kappa shape index (κ3) is 4.73. The second kappa shape index (κ2) is 7.06. The van der Waals surface area contributed by atoms with Gasteiger partial charge in [0.05, 0.1) is 6.07 Å². The third-order valence-corrected chi connectivity index (χ3v) is 4.67. The van der Waals surface area contributed by atoms with Gasteiger partial charge in [0.15, 0.2) is 5.25 Å². The maximum Gasteiger partial charge on any atom is 0.322 e. The van der Waals surface area contributed by atoms with Crippen molar-refractivity contribution in [2.45, 2.75) is 31.1 Å². The first-order chi connectivity index (χ1) is 9.80. The van der Waals surface area contributed by atoms with Crippen LogP contribution in [0, 0.1) is 11.3 Å². The zero-order valence-electron chi connectivity index (χ0n) is 11.4. The number of nitrogens with one attached hydrogen (secondary N) is 1. The number of phenolic OH excluding ortho intramolecular Hbond substituents is 1. The molecule has 2 atom stereocenters. The second-order valence-electron chi connectivity index (χ2n) is 4.45. The van der Waals surface area contributed by atoms with Crippen molar-refractivity contribution in [3.63, 3.8) is 0 Å². The maximum absolute atomic E-state index is 11.9. The summed E-state index contributed by atoms with van der Waals surface area (Å²) in [6.45, 7) is 1.53. The summed E-state index contributed by atoms with van der Waals surface area (Å²) in [5.74, 6) is -1.30. The lowest BCUT2D eigenvalue weighted by atomic mass is 10.1. The number of sulfonamides is 1. The molecule has 1 aromatic carbocycles. The highest BCUT2D eigenvalue weighted by molar-refractivity contribution is 7.90. The number of hydrogen-bond donors (Lipinski definition) is 3. The van der Waals surface area contributed by atoms with Crippen molar-refractivity contribution in [1.29, 1.82) is 5.26 Å². The minimum absolute atomic E-state index is 0.0294. The Morgan fingerprint density at radius 1 is 1.38 bits per heavy atom. The van der Waals surface area contributed by atoms with Gasteiger partial charge in [0.2, 0.25) is 10.0 Å². The van der Waals surface area contributed by atoms with E-state index >= 15 is 0 Å². The number of benzene rings is 1. The number of phenols is 1. The van der Waals surface area contributed by atoms with E-state index in [0.717, 1.165) is 0 Å². The van der Waals surface area contributed by atoms with Gasteiger partial charge in [-0.2, -0.15) is 9.98 Å². The lowest BCUT2D eigenvalue weighted by Gasteiger charge is -2.16. The Morgan fingerprint density at radius 2 is 1.95 bits per heavy atom. The van der Waals surface area contributed by atoms with Gasteiger partial charge in [-0.3, -0.25) is 4.79 Å². The Bertz CT molecular complexity index is 634. The molecular weight excluding hydrogens is 296 g/mol. The Balaban J connectivity index is 2.91. The summed E-state index contributed by atoms with van der Waals surface area (Å²) in [5.41, 5.74) is 0.549. The number of nitriles is 1. The van der Waals surface area contributed by atoms with Gasteiger partial charge in [-0.1, -0.05) is 19.1 Å². The molecule has 0 radical (unpaired) electrons. The van der Waals surface area contributed by atoms with E-state index in [1.165, 1.54) is 31.2 Å². The molecule has 0 aliphatic carbocycles. The first kappa shape index (κ1) is 16.9. The SMILES string of the molecule is CCC(C#N)S(=O)(=O)N[C@H](Cc1ccc(O)cc1)C(=O)O. The number of aromatic hydroxyl groups is 1. The highest BCUT2D eigenvalue weighted by Crippen LogP contribution is 2.13. The van der Waals surface area contributed by atoms with Crippen LogP contribution >= 0.6 is 0 Å². The van der Waals surface area contributed by atoms with Crippen LogP contribution in [0.15, 0.2) is 24.3 Å². The molecule has 114 valence electrons. The van der Waals surface area contributed by atoms with E-state index in [1.807, 2.05) is 4.72 Å². The smallest absolute Gasteiger partial charge is 0.322 e. The first-order valence-electron chi connectivity index (χ1n) is 6.21. The minimum atomic E-state index is -4.04. The fourth-order valence-corrected chi connectivity index (χ4v) is 3.03. The molecule has 21 heavy (non-hydrogen) atoms. The van der Waals surface area contributed by atoms with Gasteiger partial charge in [-0.15, -0.1) is 0 Å². The first-order valence-corrected chi connectivity index (χ1v) is 7.76. The van der Waals surface area contributed by atoms with Gasteiger partial charge in [0.1, 0.15) is 11.8 Å². The average molecular weight is 312 g/mol. The Morgan fingerprint density at radius 3 is 2.38 bits per heavy atom. The van der Waals surface area contributed by atoms with Gasteiger partial charge in [0, 0.05) is 0 Å². The molecule has 0 amide bonds. The van der Waals surface area contributed by atoms with Crippen molar-refractivity contribution in [3.8, 4) is 11.8 Å². The summed E-state index contributed by atoms with van der Waals surface area (Å²) in [7, 11) is -4.04. The molecule has 0 spiro atoms. The third-order valence-electron chi connectivity index (χ3n) is 2.87. The Kier molecular flexibility index (Phi) is 5.69. The van der Waals surface area contributed by atoms with E-state index in [2.05, 4.69) is 0 Å². The molecule has 0 aliphatic rings. The summed E-state index contributed by atoms with van der Waals surface area (Å²) in [5, 5.41) is 25.8. The van der Waals surface area contributed by atoms with Gasteiger partial charge in [-0.05, 0) is 30.5 Å². The van der Waals surface area contributed by atoms with E-state index in [0.29, 0.717) is 5.56 Å². The van der Waals surface area contributed by atoms with Crippen LogP contribution in [-0.2, 0) is 21.2 Å². The van der Waals surface area contributed by atoms with Gasteiger partial charge in [-0.25, -0.2) is 8.42 Å². The van der Waals surface area contributed by atoms with E-state index < -0.39 is 27.3 Å². The topological polar surface area (TPSA) is 127 Å². The van der Waals surface area contributed by atoms with Crippen molar-refractivity contribution in [3.05, 3.63) is 29.8 Å². The van der Waals surface area contributed by atoms with E-state index in [1.54, 1.807) is 6.07 Å². The number of hydrogen-bond acceptors (Lipinski definition) is 5. The summed E-state index contributed by atoms with van der Waals surface area (Å²) < 4.78 is 25.9. The molecule has 0 saturated heterocycles. The van der Waals surface area contributed by atoms with Crippen molar-refractivity contribution in [1.82, 2.24) is 4.72 Å². The van der Waals surface area contributed by atoms with Crippen LogP contribution in [0.1, 0.15) is 18.9 Å². The predicted molar refractivity (Wildman–Crippen MR) is 75.0 cm³/mol. The van der Waals surface area contributed by atoms with Crippen LogP contribution < -0.4 is 4.72 Å². The molecule has 0 aliphatic heterocycles. The van der Waals surface area contributed by atoms with Crippen molar-refractivity contribution in [2.24, 2.45) is 0 Å². The van der Waals surface area contributed by atoms with E-state index in [4.69, 9.17) is 15.5 Å². The van der Waals surface area contributed by atoms with E-state index in [-0.39, 0.29) is 18.6 Å². The zero-order chi connectivity index (χ0) is 16.0. The highest BCUT2D eigenvalue weighted by atomic mass is 32.2. The maximum atomic E-state index is 11.9. The van der Waals surface area contributed by atoms with Crippen LogP contribution in [-0.4, -0.2) is 35.9 Å². The fourth-order valence-electron chi connectivity index (χ4n) is 1.71. The van der Waals surface area contributed by atoms with Crippen molar-refractivity contribution in [2.75, 3.05) is 0 Å². The summed E-state index contributed by atoms with van der Waals surface area (Å²) in [6, 6.07) is 6.02. The molecule has 1 unspecified atom stereocenters. The molecule has 1 rings (SSSR count). The fraction of sp³-hybridized carbons (Fsp3) is 0.385. The Hall–Kier alpha value is -2.11. The van der Waals surface area contributed by atoms with Crippen LogP contribution in [0.5, 0.6) is 5.75 Å². The van der Waals surface area contributed by atoms with Crippen molar-refractivity contribution >= 4 is 16.0 Å². The molecule has 3 N–H and O–H groups in total. The summed E-state index contributed by atoms with van der Waals surface area (Å²) in [6.07, 6.45) is -0.0198. The lowest BCUT2D eigenvalue weighted by molar-refractivity contribution is -0.138. The second-order valence-corrected chi connectivity index (χ2v) is 6.35. The summed E-state index contributed by atoms with van der Waals surface area (Å²) in [4.78, 5) is 11.2. The minimum Gasteiger partial charge on any atom is -0.508 e. The molecule has 1 aromatic rings. The predicted octanol–water partition coefficient (Wildman–Crippen LogP) is 0.609. The Labute approximate surface area is 122 Å². The summed E-state index contributed by atoms with van der Waals surface area (Å²) >= 11 is 0. The van der Waals surface area contributed by atoms with Crippen LogP contribution in [0.2, 0.25) is 0 Å². The molecule has 7 nitrogen and oxygen atoms in total. The molecular formula is C13H16N2O5S. The monoisotopic (exact) mass is 312 g/mol. The van der Waals surface area contributed by atoms with Crippen LogP contribution in [0.25, 0.3) is 0 Å². The highest BCUT2D eigenvalue weighted by Gasteiger charge is 2.30. The number of carbonyl (C=O) groups is 1. The number of carboxylic acids is 1. The number of carboxylic acid groups (broad SMARTS) is 1.